The van der Waals surface area contributed by atoms with Gasteiger partial charge >= 0.3 is 0 Å². The van der Waals surface area contributed by atoms with Crippen LogP contribution < -0.4 is 10.6 Å². The maximum absolute atomic E-state index is 13.3. The molecule has 0 aliphatic carbocycles. The maximum atomic E-state index is 13.3. The number of nitro benzene ring substituents is 1. The first-order valence-electron chi connectivity index (χ1n) is 9.80. The largest absolute Gasteiger partial charge is 0.349 e. The number of benzene rings is 3. The molecular formula is C25H21N3O4. The zero-order valence-electron chi connectivity index (χ0n) is 17.2. The zero-order valence-corrected chi connectivity index (χ0v) is 17.2. The molecule has 0 unspecified atom stereocenters. The molecule has 0 fully saturated rings. The van der Waals surface area contributed by atoms with Crippen LogP contribution in [0.3, 0.4) is 0 Å². The minimum atomic E-state index is -0.488. The Balaban J connectivity index is 1.98. The van der Waals surface area contributed by atoms with Gasteiger partial charge in [0, 0.05) is 24.3 Å². The molecule has 32 heavy (non-hydrogen) atoms. The van der Waals surface area contributed by atoms with E-state index in [9.17, 15) is 19.7 Å². The topological polar surface area (TPSA) is 101 Å². The fourth-order valence-electron chi connectivity index (χ4n) is 3.03. The molecule has 0 atom stereocenters. The van der Waals surface area contributed by atoms with Gasteiger partial charge in [-0.1, -0.05) is 60.7 Å². The second-order valence-electron chi connectivity index (χ2n) is 6.77. The summed E-state index contributed by atoms with van der Waals surface area (Å²) in [6.45, 7) is 3.87. The molecule has 7 heteroatoms. The van der Waals surface area contributed by atoms with Gasteiger partial charge in [-0.3, -0.25) is 19.7 Å². The van der Waals surface area contributed by atoms with Crippen LogP contribution in [-0.4, -0.2) is 23.3 Å². The number of hydrogen-bond donors (Lipinski definition) is 2. The van der Waals surface area contributed by atoms with Crippen LogP contribution in [-0.2, 0) is 4.79 Å². The molecule has 0 bridgehead atoms. The maximum Gasteiger partial charge on any atom is 0.270 e. The predicted octanol–water partition coefficient (Wildman–Crippen LogP) is 4.69. The van der Waals surface area contributed by atoms with Gasteiger partial charge in [-0.15, -0.1) is 6.58 Å². The number of nitro groups is 1. The van der Waals surface area contributed by atoms with Gasteiger partial charge in [0.1, 0.15) is 0 Å². The van der Waals surface area contributed by atoms with Gasteiger partial charge in [-0.25, -0.2) is 0 Å². The smallest absolute Gasteiger partial charge is 0.270 e. The number of hydrogen-bond acceptors (Lipinski definition) is 4. The van der Waals surface area contributed by atoms with E-state index in [2.05, 4.69) is 17.2 Å². The monoisotopic (exact) mass is 427 g/mol. The number of para-hydroxylation sites is 1. The zero-order chi connectivity index (χ0) is 22.9. The van der Waals surface area contributed by atoms with E-state index in [1.54, 1.807) is 72.8 Å². The predicted molar refractivity (Wildman–Crippen MR) is 125 cm³/mol. The molecule has 0 saturated heterocycles. The molecule has 0 saturated carbocycles. The van der Waals surface area contributed by atoms with Crippen molar-refractivity contribution in [2.45, 2.75) is 0 Å². The number of non-ortho nitro benzene ring substituents is 1. The second kappa shape index (κ2) is 10.5. The first-order chi connectivity index (χ1) is 15.5. The van der Waals surface area contributed by atoms with Crippen LogP contribution in [0.5, 0.6) is 0 Å². The van der Waals surface area contributed by atoms with Crippen LogP contribution in [0.4, 0.5) is 11.4 Å². The molecular weight excluding hydrogens is 406 g/mol. The summed E-state index contributed by atoms with van der Waals surface area (Å²) in [4.78, 5) is 36.3. The Kier molecular flexibility index (Phi) is 7.27. The van der Waals surface area contributed by atoms with E-state index in [-0.39, 0.29) is 11.6 Å². The molecule has 0 aliphatic rings. The average Bonchev–Trinajstić information content (AvgIpc) is 2.82. The van der Waals surface area contributed by atoms with Gasteiger partial charge in [0.15, 0.2) is 0 Å². The highest BCUT2D eigenvalue weighted by molar-refractivity contribution is 6.29. The van der Waals surface area contributed by atoms with E-state index in [1.165, 1.54) is 12.1 Å². The van der Waals surface area contributed by atoms with Crippen molar-refractivity contribution in [1.29, 1.82) is 0 Å². The minimum Gasteiger partial charge on any atom is -0.349 e. The molecule has 0 aromatic heterocycles. The molecule has 7 nitrogen and oxygen atoms in total. The summed E-state index contributed by atoms with van der Waals surface area (Å²) in [5, 5.41) is 16.6. The molecule has 3 rings (SSSR count). The van der Waals surface area contributed by atoms with Gasteiger partial charge < -0.3 is 10.6 Å². The Morgan fingerprint density at radius 1 is 0.969 bits per heavy atom. The Morgan fingerprint density at radius 3 is 2.41 bits per heavy atom. The lowest BCUT2D eigenvalue weighted by Crippen LogP contribution is -2.25. The summed E-state index contributed by atoms with van der Waals surface area (Å²) in [7, 11) is 0. The van der Waals surface area contributed by atoms with Gasteiger partial charge in [0.2, 0.25) is 0 Å². The first-order valence-corrected chi connectivity index (χ1v) is 9.80. The quantitative estimate of drug-likeness (QED) is 0.179. The summed E-state index contributed by atoms with van der Waals surface area (Å²) in [5.74, 6) is -0.795. The van der Waals surface area contributed by atoms with Crippen LogP contribution in [0.25, 0.3) is 11.6 Å². The molecule has 2 N–H and O–H groups in total. The Bertz CT molecular complexity index is 1190. The molecule has 2 amide bonds. The number of rotatable bonds is 8. The van der Waals surface area contributed by atoms with Crippen LogP contribution in [0, 0.1) is 10.1 Å². The van der Waals surface area contributed by atoms with Crippen LogP contribution in [0.1, 0.15) is 21.5 Å². The standard InChI is InChI=1S/C25H21N3O4/c1-2-15-26-24(29)21-13-6-7-14-23(21)27-25(30)22(19-10-4-3-5-11-19)17-18-9-8-12-20(16-18)28(31)32/h2-14,16-17H,1,15H2,(H,26,29)(H,27,30)/b22-17+. The molecule has 3 aromatic rings. The summed E-state index contributed by atoms with van der Waals surface area (Å²) in [6.07, 6.45) is 3.15. The summed E-state index contributed by atoms with van der Waals surface area (Å²) in [6, 6.07) is 21.6. The van der Waals surface area contributed by atoms with Gasteiger partial charge in [-0.2, -0.15) is 0 Å². The first kappa shape index (κ1) is 22.2. The molecule has 0 aliphatic heterocycles. The third kappa shape index (κ3) is 5.54. The van der Waals surface area contributed by atoms with Gasteiger partial charge in [0.25, 0.3) is 17.5 Å². The van der Waals surface area contributed by atoms with Crippen LogP contribution >= 0.6 is 0 Å². The summed E-state index contributed by atoms with van der Waals surface area (Å²) >= 11 is 0. The van der Waals surface area contributed by atoms with Crippen LogP contribution in [0.15, 0.2) is 91.5 Å². The average molecular weight is 427 g/mol. The Morgan fingerprint density at radius 2 is 1.69 bits per heavy atom. The van der Waals surface area contributed by atoms with E-state index in [4.69, 9.17) is 0 Å². The van der Waals surface area contributed by atoms with E-state index >= 15 is 0 Å². The van der Waals surface area contributed by atoms with Crippen molar-refractivity contribution in [2.24, 2.45) is 0 Å². The SMILES string of the molecule is C=CCNC(=O)c1ccccc1NC(=O)/C(=C/c1cccc([N+](=O)[O-])c1)c1ccccc1. The van der Waals surface area contributed by atoms with Crippen molar-refractivity contribution in [3.63, 3.8) is 0 Å². The molecule has 0 heterocycles. The number of nitrogens with zero attached hydrogens (tertiary/aromatic N) is 1. The van der Waals surface area contributed by atoms with Crippen LogP contribution in [0.2, 0.25) is 0 Å². The third-order valence-corrected chi connectivity index (χ3v) is 4.55. The minimum absolute atomic E-state index is 0.0733. The van der Waals surface area contributed by atoms with Crippen molar-refractivity contribution in [2.75, 3.05) is 11.9 Å². The van der Waals surface area contributed by atoms with Crippen molar-refractivity contribution in [1.82, 2.24) is 5.32 Å². The van der Waals surface area contributed by atoms with Crippen molar-refractivity contribution < 1.29 is 14.5 Å². The second-order valence-corrected chi connectivity index (χ2v) is 6.77. The van der Waals surface area contributed by atoms with Crippen molar-refractivity contribution in [3.8, 4) is 0 Å². The highest BCUT2D eigenvalue weighted by Crippen LogP contribution is 2.24. The Labute approximate surface area is 185 Å². The normalized spacial score (nSPS) is 10.8. The third-order valence-electron chi connectivity index (χ3n) is 4.55. The van der Waals surface area contributed by atoms with E-state index in [1.807, 2.05) is 6.07 Å². The lowest BCUT2D eigenvalue weighted by Gasteiger charge is -2.13. The number of carbonyl (C=O) groups excluding carboxylic acids is 2. The van der Waals surface area contributed by atoms with Gasteiger partial charge in [0.05, 0.1) is 16.2 Å². The molecule has 0 spiro atoms. The number of amides is 2. The van der Waals surface area contributed by atoms with Crippen molar-refractivity contribution in [3.05, 3.63) is 118 Å². The lowest BCUT2D eigenvalue weighted by atomic mass is 10.0. The lowest BCUT2D eigenvalue weighted by molar-refractivity contribution is -0.384. The van der Waals surface area contributed by atoms with E-state index in [0.717, 1.165) is 0 Å². The number of nitrogens with one attached hydrogen (secondary N) is 2. The number of carbonyl (C=O) groups is 2. The molecule has 160 valence electrons. The molecule has 3 aromatic carbocycles. The van der Waals surface area contributed by atoms with E-state index in [0.29, 0.717) is 34.5 Å². The van der Waals surface area contributed by atoms with Crippen molar-refractivity contribution >= 4 is 34.8 Å². The highest BCUT2D eigenvalue weighted by atomic mass is 16.6. The number of anilines is 1. The molecule has 0 radical (unpaired) electrons. The highest BCUT2D eigenvalue weighted by Gasteiger charge is 2.17. The van der Waals surface area contributed by atoms with E-state index < -0.39 is 10.8 Å². The van der Waals surface area contributed by atoms with Gasteiger partial charge in [-0.05, 0) is 29.3 Å². The summed E-state index contributed by atoms with van der Waals surface area (Å²) < 4.78 is 0. The summed E-state index contributed by atoms with van der Waals surface area (Å²) in [5.41, 5.74) is 2.02. The Hall–Kier alpha value is -4.52. The fourth-order valence-corrected chi connectivity index (χ4v) is 3.03. The fraction of sp³-hybridized carbons (Fsp3) is 0.0400.